The monoisotopic (exact) mass is 186 g/mol. The first-order chi connectivity index (χ1) is 6.31. The summed E-state index contributed by atoms with van der Waals surface area (Å²) in [6.45, 7) is 5.46. The van der Waals surface area contributed by atoms with E-state index >= 15 is 0 Å². The second kappa shape index (κ2) is 10.0. The summed E-state index contributed by atoms with van der Waals surface area (Å²) in [5.41, 5.74) is 0. The van der Waals surface area contributed by atoms with Crippen LogP contribution in [-0.2, 0) is 4.74 Å². The summed E-state index contributed by atoms with van der Waals surface area (Å²) < 4.78 is 5.10. The van der Waals surface area contributed by atoms with Crippen LogP contribution in [0, 0.1) is 5.92 Å². The van der Waals surface area contributed by atoms with Gasteiger partial charge in [-0.05, 0) is 12.3 Å². The molecule has 0 saturated heterocycles. The summed E-state index contributed by atoms with van der Waals surface area (Å²) in [4.78, 5) is 0. The van der Waals surface area contributed by atoms with E-state index in [2.05, 4.69) is 13.8 Å². The van der Waals surface area contributed by atoms with Crippen molar-refractivity contribution in [1.29, 1.82) is 0 Å². The Bertz CT molecular complexity index is 91.1. The molecule has 0 aliphatic rings. The summed E-state index contributed by atoms with van der Waals surface area (Å²) in [6.07, 6.45) is 9.73. The van der Waals surface area contributed by atoms with Crippen LogP contribution in [0.1, 0.15) is 58.8 Å². The Kier molecular flexibility index (Phi) is 10.0. The third-order valence-electron chi connectivity index (χ3n) is 2.50. The van der Waals surface area contributed by atoms with Crippen molar-refractivity contribution >= 4 is 0 Å². The van der Waals surface area contributed by atoms with Crippen LogP contribution >= 0.6 is 0 Å². The average molecular weight is 186 g/mol. The van der Waals surface area contributed by atoms with E-state index in [1.54, 1.807) is 7.11 Å². The molecule has 0 rings (SSSR count). The van der Waals surface area contributed by atoms with Crippen molar-refractivity contribution in [2.24, 2.45) is 5.92 Å². The van der Waals surface area contributed by atoms with Gasteiger partial charge in [-0.3, -0.25) is 0 Å². The van der Waals surface area contributed by atoms with E-state index in [0.717, 1.165) is 12.5 Å². The lowest BCUT2D eigenvalue weighted by Crippen LogP contribution is -2.02. The third kappa shape index (κ3) is 9.88. The minimum absolute atomic E-state index is 0.746. The van der Waals surface area contributed by atoms with E-state index in [1.807, 2.05) is 0 Å². The quantitative estimate of drug-likeness (QED) is 0.494. The number of ether oxygens (including phenoxy) is 1. The lowest BCUT2D eigenvalue weighted by Gasteiger charge is -2.09. The minimum Gasteiger partial charge on any atom is -0.384 e. The first kappa shape index (κ1) is 13.0. The normalized spacial score (nSPS) is 13.2. The highest BCUT2D eigenvalue weighted by Gasteiger charge is 2.00. The highest BCUT2D eigenvalue weighted by Crippen LogP contribution is 2.11. The Balaban J connectivity index is 2.97. The van der Waals surface area contributed by atoms with Gasteiger partial charge in [0.05, 0.1) is 0 Å². The zero-order valence-corrected chi connectivity index (χ0v) is 9.64. The van der Waals surface area contributed by atoms with Gasteiger partial charge in [0.2, 0.25) is 0 Å². The van der Waals surface area contributed by atoms with Gasteiger partial charge in [-0.25, -0.2) is 0 Å². The maximum absolute atomic E-state index is 5.10. The molecule has 80 valence electrons. The first-order valence-corrected chi connectivity index (χ1v) is 5.80. The molecule has 0 bridgehead atoms. The number of hydrogen-bond acceptors (Lipinski definition) is 1. The van der Waals surface area contributed by atoms with Gasteiger partial charge in [-0.2, -0.15) is 0 Å². The van der Waals surface area contributed by atoms with Crippen molar-refractivity contribution in [2.45, 2.75) is 58.8 Å². The van der Waals surface area contributed by atoms with Crippen molar-refractivity contribution in [2.75, 3.05) is 13.7 Å². The minimum atomic E-state index is 0.746. The summed E-state index contributed by atoms with van der Waals surface area (Å²) in [5, 5.41) is 0. The van der Waals surface area contributed by atoms with Crippen molar-refractivity contribution in [1.82, 2.24) is 0 Å². The van der Waals surface area contributed by atoms with E-state index in [9.17, 15) is 0 Å². The maximum Gasteiger partial charge on any atom is 0.0487 e. The van der Waals surface area contributed by atoms with Crippen LogP contribution in [0.15, 0.2) is 0 Å². The Labute approximate surface area is 83.9 Å². The van der Waals surface area contributed by atoms with E-state index < -0.39 is 0 Å². The van der Waals surface area contributed by atoms with Crippen LogP contribution in [0.5, 0.6) is 0 Å². The van der Waals surface area contributed by atoms with Crippen LogP contribution in [0.2, 0.25) is 0 Å². The first-order valence-electron chi connectivity index (χ1n) is 5.80. The largest absolute Gasteiger partial charge is 0.384 e. The fourth-order valence-corrected chi connectivity index (χ4v) is 1.64. The number of rotatable bonds is 9. The van der Waals surface area contributed by atoms with Crippen LogP contribution in [-0.4, -0.2) is 13.7 Å². The summed E-state index contributed by atoms with van der Waals surface area (Å²) in [7, 11) is 1.79. The standard InChI is InChI=1S/C12H26O/c1-4-5-6-7-8-9-10-12(2)11-13-3/h12H,4-11H2,1-3H3. The number of unbranched alkanes of at least 4 members (excludes halogenated alkanes) is 5. The van der Waals surface area contributed by atoms with Crippen LogP contribution in [0.3, 0.4) is 0 Å². The fourth-order valence-electron chi connectivity index (χ4n) is 1.64. The molecule has 0 heterocycles. The smallest absolute Gasteiger partial charge is 0.0487 e. The van der Waals surface area contributed by atoms with Gasteiger partial charge in [0.25, 0.3) is 0 Å². The molecule has 13 heavy (non-hydrogen) atoms. The zero-order chi connectivity index (χ0) is 9.94. The molecule has 0 amide bonds. The van der Waals surface area contributed by atoms with Crippen LogP contribution in [0.25, 0.3) is 0 Å². The molecule has 0 aliphatic heterocycles. The SMILES string of the molecule is CCCCCCCCC(C)COC. The molecule has 0 spiro atoms. The van der Waals surface area contributed by atoms with Gasteiger partial charge in [0, 0.05) is 13.7 Å². The molecule has 0 N–H and O–H groups in total. The van der Waals surface area contributed by atoms with Gasteiger partial charge in [-0.15, -0.1) is 0 Å². The molecule has 1 heteroatoms. The van der Waals surface area contributed by atoms with E-state index in [4.69, 9.17) is 4.74 Å². The Hall–Kier alpha value is -0.0400. The zero-order valence-electron chi connectivity index (χ0n) is 9.64. The van der Waals surface area contributed by atoms with Crippen molar-refractivity contribution < 1.29 is 4.74 Å². The van der Waals surface area contributed by atoms with Crippen LogP contribution < -0.4 is 0 Å². The Morgan fingerprint density at radius 2 is 1.62 bits per heavy atom. The van der Waals surface area contributed by atoms with E-state index in [0.29, 0.717) is 0 Å². The maximum atomic E-state index is 5.10. The molecule has 0 aromatic heterocycles. The lowest BCUT2D eigenvalue weighted by atomic mass is 10.0. The van der Waals surface area contributed by atoms with Gasteiger partial charge in [0.1, 0.15) is 0 Å². The highest BCUT2D eigenvalue weighted by atomic mass is 16.5. The summed E-state index contributed by atoms with van der Waals surface area (Å²) in [6, 6.07) is 0. The number of hydrogen-bond donors (Lipinski definition) is 0. The molecule has 0 radical (unpaired) electrons. The van der Waals surface area contributed by atoms with Crippen molar-refractivity contribution in [3.63, 3.8) is 0 Å². The molecule has 1 unspecified atom stereocenters. The number of methoxy groups -OCH3 is 1. The van der Waals surface area contributed by atoms with Gasteiger partial charge in [0.15, 0.2) is 0 Å². The molecule has 1 atom stereocenters. The second-order valence-electron chi connectivity index (χ2n) is 4.12. The second-order valence-corrected chi connectivity index (χ2v) is 4.12. The van der Waals surface area contributed by atoms with E-state index in [1.165, 1.54) is 44.9 Å². The molecule has 0 fully saturated rings. The molecule has 0 aromatic carbocycles. The molecular formula is C12H26O. The molecule has 1 nitrogen and oxygen atoms in total. The van der Waals surface area contributed by atoms with Gasteiger partial charge >= 0.3 is 0 Å². The van der Waals surface area contributed by atoms with Crippen molar-refractivity contribution in [3.05, 3.63) is 0 Å². The average Bonchev–Trinajstić information content (AvgIpc) is 2.11. The van der Waals surface area contributed by atoms with Crippen molar-refractivity contribution in [3.8, 4) is 0 Å². The molecular weight excluding hydrogens is 160 g/mol. The van der Waals surface area contributed by atoms with Gasteiger partial charge in [-0.1, -0.05) is 52.4 Å². The summed E-state index contributed by atoms with van der Waals surface area (Å²) >= 11 is 0. The van der Waals surface area contributed by atoms with Gasteiger partial charge < -0.3 is 4.74 Å². The summed E-state index contributed by atoms with van der Waals surface area (Å²) in [5.74, 6) is 0.746. The molecule has 0 aliphatic carbocycles. The topological polar surface area (TPSA) is 9.23 Å². The molecule has 0 saturated carbocycles. The highest BCUT2D eigenvalue weighted by molar-refractivity contribution is 4.52. The lowest BCUT2D eigenvalue weighted by molar-refractivity contribution is 0.154. The predicted molar refractivity (Wildman–Crippen MR) is 59.0 cm³/mol. The Morgan fingerprint density at radius 3 is 2.23 bits per heavy atom. The van der Waals surface area contributed by atoms with E-state index in [-0.39, 0.29) is 0 Å². The Morgan fingerprint density at radius 1 is 1.00 bits per heavy atom. The molecule has 0 aromatic rings. The fraction of sp³-hybridized carbons (Fsp3) is 1.00. The van der Waals surface area contributed by atoms with Crippen LogP contribution in [0.4, 0.5) is 0 Å². The predicted octanol–water partition coefficient (Wildman–Crippen LogP) is 4.02. The third-order valence-corrected chi connectivity index (χ3v) is 2.50.